The number of aliphatic imine (C=N–C) groups is 1. The molecule has 1 aliphatic carbocycles. The molecule has 0 aliphatic heterocycles. The van der Waals surface area contributed by atoms with Crippen molar-refractivity contribution in [3.63, 3.8) is 0 Å². The molecule has 1 aromatic rings. The summed E-state index contributed by atoms with van der Waals surface area (Å²) in [6.07, 6.45) is 5.23. The Morgan fingerprint density at radius 1 is 1.17 bits per heavy atom. The van der Waals surface area contributed by atoms with Crippen molar-refractivity contribution < 1.29 is 14.3 Å². The number of hydrogen-bond acceptors (Lipinski definition) is 4. The quantitative estimate of drug-likeness (QED) is 0.166. The summed E-state index contributed by atoms with van der Waals surface area (Å²) in [7, 11) is 1.67. The van der Waals surface area contributed by atoms with Crippen LogP contribution in [0.3, 0.4) is 0 Å². The van der Waals surface area contributed by atoms with E-state index in [0.29, 0.717) is 26.4 Å². The summed E-state index contributed by atoms with van der Waals surface area (Å²) in [5, 5.41) is 9.64. The Bertz CT molecular complexity index is 637. The van der Waals surface area contributed by atoms with Gasteiger partial charge in [0, 0.05) is 38.4 Å². The van der Waals surface area contributed by atoms with Crippen molar-refractivity contribution >= 4 is 41.5 Å². The molecule has 8 heteroatoms. The summed E-state index contributed by atoms with van der Waals surface area (Å²) < 4.78 is 10.4. The van der Waals surface area contributed by atoms with Gasteiger partial charge in [-0.05, 0) is 43.9 Å². The molecule has 0 aromatic heterocycles. The zero-order chi connectivity index (χ0) is 20.7. The van der Waals surface area contributed by atoms with Gasteiger partial charge in [-0.2, -0.15) is 0 Å². The number of rotatable bonds is 12. The van der Waals surface area contributed by atoms with Gasteiger partial charge >= 0.3 is 0 Å². The first-order chi connectivity index (χ1) is 14.2. The van der Waals surface area contributed by atoms with Gasteiger partial charge in [-0.1, -0.05) is 25.0 Å². The van der Waals surface area contributed by atoms with E-state index in [9.17, 15) is 4.79 Å². The molecule has 0 spiro atoms. The first-order valence-electron chi connectivity index (χ1n) is 10.7. The van der Waals surface area contributed by atoms with Crippen LogP contribution in [0.1, 0.15) is 44.6 Å². The van der Waals surface area contributed by atoms with Gasteiger partial charge in [0.05, 0.1) is 19.8 Å². The summed E-state index contributed by atoms with van der Waals surface area (Å²) >= 11 is 0. The molecule has 30 heavy (non-hydrogen) atoms. The predicted octanol–water partition coefficient (Wildman–Crippen LogP) is 3.54. The number of guanidine groups is 1. The molecule has 2 rings (SSSR count). The molecule has 0 bridgehead atoms. The topological polar surface area (TPSA) is 84.0 Å². The zero-order valence-electron chi connectivity index (χ0n) is 18.2. The molecule has 170 valence electrons. The first kappa shape index (κ1) is 26.6. The smallest absolute Gasteiger partial charge is 0.227 e. The number of carbonyl (C=O) groups excluding carboxylic acids is 1. The molecule has 1 aromatic carbocycles. The van der Waals surface area contributed by atoms with Crippen LogP contribution in [0, 0.1) is 5.92 Å². The Hall–Kier alpha value is -1.39. The number of amides is 1. The van der Waals surface area contributed by atoms with Crippen LogP contribution in [0.4, 0.5) is 5.69 Å². The fourth-order valence-corrected chi connectivity index (χ4v) is 3.32. The number of methoxy groups -OCH3 is 1. The molecule has 0 saturated heterocycles. The Morgan fingerprint density at radius 3 is 2.70 bits per heavy atom. The van der Waals surface area contributed by atoms with E-state index in [0.717, 1.165) is 62.4 Å². The molecule has 0 heterocycles. The second-order valence-corrected chi connectivity index (χ2v) is 7.25. The third kappa shape index (κ3) is 10.6. The summed E-state index contributed by atoms with van der Waals surface area (Å²) in [6, 6.07) is 7.94. The van der Waals surface area contributed by atoms with Crippen LogP contribution < -0.4 is 16.0 Å². The number of nitrogens with one attached hydrogen (secondary N) is 3. The van der Waals surface area contributed by atoms with Gasteiger partial charge in [0.25, 0.3) is 0 Å². The highest BCUT2D eigenvalue weighted by molar-refractivity contribution is 14.0. The normalized spacial score (nSPS) is 14.3. The van der Waals surface area contributed by atoms with Crippen molar-refractivity contribution in [1.29, 1.82) is 0 Å². The molecular weight excluding hydrogens is 495 g/mol. The van der Waals surface area contributed by atoms with Gasteiger partial charge in [0.2, 0.25) is 5.91 Å². The molecule has 0 unspecified atom stereocenters. The predicted molar refractivity (Wildman–Crippen MR) is 133 cm³/mol. The average Bonchev–Trinajstić information content (AvgIpc) is 3.26. The van der Waals surface area contributed by atoms with Crippen molar-refractivity contribution in [1.82, 2.24) is 10.6 Å². The van der Waals surface area contributed by atoms with E-state index in [2.05, 4.69) is 20.9 Å². The molecule has 0 radical (unpaired) electrons. The summed E-state index contributed by atoms with van der Waals surface area (Å²) in [5.41, 5.74) is 1.91. The zero-order valence-corrected chi connectivity index (χ0v) is 20.6. The lowest BCUT2D eigenvalue weighted by Gasteiger charge is -2.12. The molecule has 1 aliphatic rings. The highest BCUT2D eigenvalue weighted by Gasteiger charge is 2.22. The number of nitrogens with zero attached hydrogens (tertiary/aromatic N) is 1. The van der Waals surface area contributed by atoms with Crippen LogP contribution in [0.2, 0.25) is 0 Å². The monoisotopic (exact) mass is 532 g/mol. The number of anilines is 1. The largest absolute Gasteiger partial charge is 0.382 e. The maximum Gasteiger partial charge on any atom is 0.227 e. The Labute approximate surface area is 197 Å². The van der Waals surface area contributed by atoms with E-state index in [-0.39, 0.29) is 35.8 Å². The van der Waals surface area contributed by atoms with Crippen LogP contribution in [-0.2, 0) is 20.8 Å². The number of benzene rings is 1. The Morgan fingerprint density at radius 2 is 1.97 bits per heavy atom. The highest BCUT2D eigenvalue weighted by atomic mass is 127. The molecule has 1 saturated carbocycles. The molecule has 3 N–H and O–H groups in total. The van der Waals surface area contributed by atoms with Gasteiger partial charge in [0.15, 0.2) is 5.96 Å². The summed E-state index contributed by atoms with van der Waals surface area (Å²) in [4.78, 5) is 17.0. The van der Waals surface area contributed by atoms with Crippen molar-refractivity contribution in [2.45, 2.75) is 45.6 Å². The molecule has 0 atom stereocenters. The van der Waals surface area contributed by atoms with Gasteiger partial charge in [0.1, 0.15) is 0 Å². The second-order valence-electron chi connectivity index (χ2n) is 7.25. The van der Waals surface area contributed by atoms with Crippen molar-refractivity contribution in [3.05, 3.63) is 29.8 Å². The standard InChI is InChI=1S/C22H36N4O3.HI/c1-3-23-22(24-12-7-13-29-15-14-28-2)25-17-18-8-6-11-20(16-18)26-21(27)19-9-4-5-10-19;/h6,8,11,16,19H,3-5,7,9-10,12-15,17H2,1-2H3,(H,26,27)(H2,23,24,25);1H. The fraction of sp³-hybridized carbons (Fsp3) is 0.636. The fourth-order valence-electron chi connectivity index (χ4n) is 3.32. The van der Waals surface area contributed by atoms with Crippen molar-refractivity contribution in [3.8, 4) is 0 Å². The lowest BCUT2D eigenvalue weighted by Crippen LogP contribution is -2.38. The van der Waals surface area contributed by atoms with Crippen LogP contribution in [0.15, 0.2) is 29.3 Å². The molecule has 1 fully saturated rings. The van der Waals surface area contributed by atoms with Gasteiger partial charge in [-0.15, -0.1) is 24.0 Å². The van der Waals surface area contributed by atoms with Gasteiger partial charge in [-0.25, -0.2) is 4.99 Å². The third-order valence-corrected chi connectivity index (χ3v) is 4.87. The minimum absolute atomic E-state index is 0. The lowest BCUT2D eigenvalue weighted by molar-refractivity contribution is -0.119. The minimum atomic E-state index is 0. The number of hydrogen-bond donors (Lipinski definition) is 3. The summed E-state index contributed by atoms with van der Waals surface area (Å²) in [5.74, 6) is 1.09. The van der Waals surface area contributed by atoms with Crippen LogP contribution in [-0.4, -0.2) is 51.9 Å². The molecule has 7 nitrogen and oxygen atoms in total. The Kier molecular flexibility index (Phi) is 14.5. The Balaban J connectivity index is 0.00000450. The van der Waals surface area contributed by atoms with Crippen molar-refractivity contribution in [2.75, 3.05) is 45.3 Å². The lowest BCUT2D eigenvalue weighted by atomic mass is 10.1. The van der Waals surface area contributed by atoms with Gasteiger partial charge < -0.3 is 25.4 Å². The second kappa shape index (κ2) is 16.3. The maximum atomic E-state index is 12.3. The van der Waals surface area contributed by atoms with E-state index in [4.69, 9.17) is 9.47 Å². The van der Waals surface area contributed by atoms with Crippen LogP contribution >= 0.6 is 24.0 Å². The molecule has 1 amide bonds. The van der Waals surface area contributed by atoms with E-state index in [1.165, 1.54) is 0 Å². The van der Waals surface area contributed by atoms with E-state index >= 15 is 0 Å². The number of halogens is 1. The van der Waals surface area contributed by atoms with Crippen LogP contribution in [0.25, 0.3) is 0 Å². The van der Waals surface area contributed by atoms with Crippen molar-refractivity contribution in [2.24, 2.45) is 10.9 Å². The van der Waals surface area contributed by atoms with E-state index in [1.807, 2.05) is 31.2 Å². The third-order valence-electron chi connectivity index (χ3n) is 4.87. The number of carbonyl (C=O) groups is 1. The first-order valence-corrected chi connectivity index (χ1v) is 10.7. The highest BCUT2D eigenvalue weighted by Crippen LogP contribution is 2.26. The minimum Gasteiger partial charge on any atom is -0.382 e. The van der Waals surface area contributed by atoms with Gasteiger partial charge in [-0.3, -0.25) is 4.79 Å². The SMILES string of the molecule is CCNC(=NCc1cccc(NC(=O)C2CCCC2)c1)NCCCOCCOC.I. The number of ether oxygens (including phenoxy) is 2. The maximum absolute atomic E-state index is 12.3. The van der Waals surface area contributed by atoms with E-state index in [1.54, 1.807) is 7.11 Å². The summed E-state index contributed by atoms with van der Waals surface area (Å²) in [6.45, 7) is 6.12. The van der Waals surface area contributed by atoms with E-state index < -0.39 is 0 Å². The average molecular weight is 532 g/mol. The molecular formula is C22H37IN4O3. The van der Waals surface area contributed by atoms with Crippen LogP contribution in [0.5, 0.6) is 0 Å².